The minimum absolute atomic E-state index is 0.0851. The third kappa shape index (κ3) is 2.82. The van der Waals surface area contributed by atoms with Crippen LogP contribution in [0.1, 0.15) is 22.3 Å². The van der Waals surface area contributed by atoms with Gasteiger partial charge in [-0.3, -0.25) is 4.79 Å². The van der Waals surface area contributed by atoms with E-state index in [1.165, 1.54) is 0 Å². The Balaban J connectivity index is 2.95. The van der Waals surface area contributed by atoms with E-state index in [1.807, 2.05) is 25.1 Å². The molecule has 3 heteroatoms. The summed E-state index contributed by atoms with van der Waals surface area (Å²) in [6.07, 6.45) is 0.392. The number of ketones is 1. The minimum atomic E-state index is 0.0851. The van der Waals surface area contributed by atoms with Crippen molar-refractivity contribution in [2.24, 2.45) is 0 Å². The van der Waals surface area contributed by atoms with Crippen molar-refractivity contribution in [2.75, 3.05) is 5.88 Å². The second kappa shape index (κ2) is 4.77. The molecule has 0 N–H and O–H groups in total. The SMILES string of the molecule is Cc1ccc(C(=O)CCCl)c(Br)c1. The van der Waals surface area contributed by atoms with Crippen LogP contribution in [-0.2, 0) is 0 Å². The van der Waals surface area contributed by atoms with Crippen molar-refractivity contribution in [3.63, 3.8) is 0 Å². The van der Waals surface area contributed by atoms with Crippen molar-refractivity contribution in [2.45, 2.75) is 13.3 Å². The zero-order valence-electron chi connectivity index (χ0n) is 7.31. The molecule has 0 bridgehead atoms. The van der Waals surface area contributed by atoms with Crippen molar-refractivity contribution in [1.29, 1.82) is 0 Å². The first-order chi connectivity index (χ1) is 6.15. The number of carbonyl (C=O) groups excluding carboxylic acids is 1. The molecule has 0 aliphatic rings. The number of carbonyl (C=O) groups is 1. The van der Waals surface area contributed by atoms with E-state index in [1.54, 1.807) is 0 Å². The van der Waals surface area contributed by atoms with Gasteiger partial charge in [-0.15, -0.1) is 11.6 Å². The highest BCUT2D eigenvalue weighted by Gasteiger charge is 2.08. The van der Waals surface area contributed by atoms with Crippen molar-refractivity contribution in [3.05, 3.63) is 33.8 Å². The molecule has 1 aromatic rings. The van der Waals surface area contributed by atoms with Crippen LogP contribution in [0.3, 0.4) is 0 Å². The fourth-order valence-electron chi connectivity index (χ4n) is 1.07. The molecule has 1 nitrogen and oxygen atoms in total. The van der Waals surface area contributed by atoms with Gasteiger partial charge in [0, 0.05) is 22.3 Å². The smallest absolute Gasteiger partial charge is 0.165 e. The summed E-state index contributed by atoms with van der Waals surface area (Å²) in [6, 6.07) is 5.68. The molecule has 0 aliphatic heterocycles. The first-order valence-corrected chi connectivity index (χ1v) is 5.33. The van der Waals surface area contributed by atoms with Gasteiger partial charge in [-0.25, -0.2) is 0 Å². The number of hydrogen-bond acceptors (Lipinski definition) is 1. The van der Waals surface area contributed by atoms with Gasteiger partial charge < -0.3 is 0 Å². The van der Waals surface area contributed by atoms with E-state index in [-0.39, 0.29) is 5.78 Å². The Bertz CT molecular complexity index is 323. The largest absolute Gasteiger partial charge is 0.294 e. The lowest BCUT2D eigenvalue weighted by Gasteiger charge is -2.02. The number of hydrogen-bond donors (Lipinski definition) is 0. The molecule has 1 aromatic carbocycles. The summed E-state index contributed by atoms with van der Waals surface area (Å²) in [5.74, 6) is 0.459. The van der Waals surface area contributed by atoms with Crippen LogP contribution in [0.4, 0.5) is 0 Å². The molecule has 0 radical (unpaired) electrons. The van der Waals surface area contributed by atoms with Gasteiger partial charge in [-0.2, -0.15) is 0 Å². The van der Waals surface area contributed by atoms with E-state index in [9.17, 15) is 4.79 Å². The number of aryl methyl sites for hydroxylation is 1. The van der Waals surface area contributed by atoms with Crippen LogP contribution in [0.2, 0.25) is 0 Å². The standard InChI is InChI=1S/C10H10BrClO/c1-7-2-3-8(9(11)6-7)10(13)4-5-12/h2-3,6H,4-5H2,1H3. The Morgan fingerprint density at radius 3 is 2.77 bits per heavy atom. The Kier molecular flexibility index (Phi) is 3.94. The average Bonchev–Trinajstić information content (AvgIpc) is 2.04. The highest BCUT2D eigenvalue weighted by atomic mass is 79.9. The van der Waals surface area contributed by atoms with Crippen molar-refractivity contribution >= 4 is 33.3 Å². The Labute approximate surface area is 91.2 Å². The lowest BCUT2D eigenvalue weighted by molar-refractivity contribution is 0.0988. The molecule has 0 heterocycles. The van der Waals surface area contributed by atoms with Crippen LogP contribution < -0.4 is 0 Å². The molecular weight excluding hydrogens is 251 g/mol. The van der Waals surface area contributed by atoms with E-state index in [0.717, 1.165) is 10.0 Å². The number of Topliss-reactive ketones (excluding diaryl/α,β-unsaturated/α-hetero) is 1. The Morgan fingerprint density at radius 1 is 1.54 bits per heavy atom. The second-order valence-electron chi connectivity index (χ2n) is 2.85. The third-order valence-electron chi connectivity index (χ3n) is 1.75. The van der Waals surface area contributed by atoms with Crippen molar-refractivity contribution in [1.82, 2.24) is 0 Å². The Morgan fingerprint density at radius 2 is 2.23 bits per heavy atom. The summed E-state index contributed by atoms with van der Waals surface area (Å²) < 4.78 is 0.850. The summed E-state index contributed by atoms with van der Waals surface area (Å²) in [4.78, 5) is 11.5. The quantitative estimate of drug-likeness (QED) is 0.600. The highest BCUT2D eigenvalue weighted by molar-refractivity contribution is 9.10. The van der Waals surface area contributed by atoms with Crippen LogP contribution in [0.25, 0.3) is 0 Å². The van der Waals surface area contributed by atoms with E-state index in [2.05, 4.69) is 15.9 Å². The second-order valence-corrected chi connectivity index (χ2v) is 4.08. The van der Waals surface area contributed by atoms with Gasteiger partial charge in [-0.1, -0.05) is 28.1 Å². The number of alkyl halides is 1. The zero-order chi connectivity index (χ0) is 9.84. The molecule has 0 spiro atoms. The maximum absolute atomic E-state index is 11.5. The minimum Gasteiger partial charge on any atom is -0.294 e. The lowest BCUT2D eigenvalue weighted by Crippen LogP contribution is -2.00. The van der Waals surface area contributed by atoms with Crippen LogP contribution in [0, 0.1) is 6.92 Å². The van der Waals surface area contributed by atoms with E-state index < -0.39 is 0 Å². The van der Waals surface area contributed by atoms with Gasteiger partial charge in [0.2, 0.25) is 0 Å². The van der Waals surface area contributed by atoms with Crippen LogP contribution in [0.5, 0.6) is 0 Å². The molecule has 0 saturated heterocycles. The van der Waals surface area contributed by atoms with Crippen molar-refractivity contribution in [3.8, 4) is 0 Å². The summed E-state index contributed by atoms with van der Waals surface area (Å²) in [6.45, 7) is 1.99. The topological polar surface area (TPSA) is 17.1 Å². The first kappa shape index (κ1) is 10.7. The predicted octanol–water partition coefficient (Wildman–Crippen LogP) is 3.57. The molecule has 0 unspecified atom stereocenters. The maximum Gasteiger partial charge on any atom is 0.165 e. The van der Waals surface area contributed by atoms with Gasteiger partial charge >= 0.3 is 0 Å². The fourth-order valence-corrected chi connectivity index (χ4v) is 1.95. The molecule has 13 heavy (non-hydrogen) atoms. The summed E-state index contributed by atoms with van der Waals surface area (Å²) >= 11 is 8.85. The molecule has 0 aliphatic carbocycles. The van der Waals surface area contributed by atoms with Gasteiger partial charge in [0.05, 0.1) is 0 Å². The first-order valence-electron chi connectivity index (χ1n) is 4.00. The number of halogens is 2. The molecule has 0 amide bonds. The predicted molar refractivity (Wildman–Crippen MR) is 58.5 cm³/mol. The van der Waals surface area contributed by atoms with Gasteiger partial charge in [-0.05, 0) is 18.6 Å². The molecule has 0 fully saturated rings. The van der Waals surface area contributed by atoms with Crippen molar-refractivity contribution < 1.29 is 4.79 Å². The summed E-state index contributed by atoms with van der Waals surface area (Å²) in [7, 11) is 0. The Hall–Kier alpha value is -0.340. The molecule has 70 valence electrons. The lowest BCUT2D eigenvalue weighted by atomic mass is 10.1. The number of benzene rings is 1. The van der Waals surface area contributed by atoms with Gasteiger partial charge in [0.1, 0.15) is 0 Å². The van der Waals surface area contributed by atoms with Gasteiger partial charge in [0.15, 0.2) is 5.78 Å². The summed E-state index contributed by atoms with van der Waals surface area (Å²) in [5, 5.41) is 0. The van der Waals surface area contributed by atoms with E-state index in [0.29, 0.717) is 17.9 Å². The van der Waals surface area contributed by atoms with E-state index >= 15 is 0 Å². The van der Waals surface area contributed by atoms with Crippen LogP contribution >= 0.6 is 27.5 Å². The molecule has 0 atom stereocenters. The van der Waals surface area contributed by atoms with Gasteiger partial charge in [0.25, 0.3) is 0 Å². The van der Waals surface area contributed by atoms with Crippen LogP contribution in [0.15, 0.2) is 22.7 Å². The highest BCUT2D eigenvalue weighted by Crippen LogP contribution is 2.19. The molecule has 0 saturated carbocycles. The molecular formula is C10H10BrClO. The monoisotopic (exact) mass is 260 g/mol. The molecule has 1 rings (SSSR count). The molecule has 0 aromatic heterocycles. The fraction of sp³-hybridized carbons (Fsp3) is 0.300. The average molecular weight is 262 g/mol. The van der Waals surface area contributed by atoms with Crippen LogP contribution in [-0.4, -0.2) is 11.7 Å². The number of rotatable bonds is 3. The summed E-state index contributed by atoms with van der Waals surface area (Å²) in [5.41, 5.74) is 1.85. The third-order valence-corrected chi connectivity index (χ3v) is 2.59. The zero-order valence-corrected chi connectivity index (χ0v) is 9.65. The van der Waals surface area contributed by atoms with E-state index in [4.69, 9.17) is 11.6 Å². The maximum atomic E-state index is 11.5. The normalized spacial score (nSPS) is 10.1.